The van der Waals surface area contributed by atoms with Crippen molar-refractivity contribution in [1.29, 1.82) is 0 Å². The molecule has 0 aliphatic rings. The van der Waals surface area contributed by atoms with Crippen molar-refractivity contribution in [1.82, 2.24) is 14.8 Å². The molecule has 0 aliphatic heterocycles. The molecule has 11 heteroatoms. The Hall–Kier alpha value is -3.63. The van der Waals surface area contributed by atoms with E-state index in [1.807, 2.05) is 42.7 Å². The SMILES string of the molecule is CCOc1cc([C@@H](C[N+](=O)[O-])Sc2nnc(C)n2-c2ccc(C)cc2)cc(Cl)c1OCc1ccccc1F. The average molecular weight is 557 g/mol. The van der Waals surface area contributed by atoms with Crippen LogP contribution in [-0.2, 0) is 6.61 Å². The van der Waals surface area contributed by atoms with E-state index < -0.39 is 11.1 Å². The molecule has 3 aromatic carbocycles. The second-order valence-corrected chi connectivity index (χ2v) is 10.0. The summed E-state index contributed by atoms with van der Waals surface area (Å²) in [5, 5.41) is 20.2. The third-order valence-electron chi connectivity index (χ3n) is 5.68. The van der Waals surface area contributed by atoms with Gasteiger partial charge in [-0.1, -0.05) is 59.3 Å². The minimum atomic E-state index is -0.657. The Morgan fingerprint density at radius 3 is 2.53 bits per heavy atom. The van der Waals surface area contributed by atoms with E-state index in [9.17, 15) is 14.5 Å². The molecule has 0 N–H and O–H groups in total. The van der Waals surface area contributed by atoms with Crippen LogP contribution in [0.2, 0.25) is 5.02 Å². The van der Waals surface area contributed by atoms with Gasteiger partial charge in [0.25, 0.3) is 0 Å². The monoisotopic (exact) mass is 556 g/mol. The Balaban J connectivity index is 1.67. The molecule has 0 unspecified atom stereocenters. The standard InChI is InChI=1S/C27H26ClFN4O4S/c1-4-36-24-14-20(13-22(28)26(24)37-16-19-7-5-6-8-23(19)29)25(15-32(34)35)38-27-31-30-18(3)33(27)21-11-9-17(2)10-12-21/h5-14,25H,4,15-16H2,1-3H3/t25-/m1/s1. The van der Waals surface area contributed by atoms with Gasteiger partial charge < -0.3 is 9.47 Å². The molecule has 0 radical (unpaired) electrons. The predicted molar refractivity (Wildman–Crippen MR) is 145 cm³/mol. The number of halogens is 2. The van der Waals surface area contributed by atoms with E-state index in [0.717, 1.165) is 11.3 Å². The molecular formula is C27H26ClFN4O4S. The van der Waals surface area contributed by atoms with Crippen molar-refractivity contribution in [3.05, 3.63) is 104 Å². The maximum absolute atomic E-state index is 14.1. The fraction of sp³-hybridized carbons (Fsp3) is 0.259. The molecule has 0 amide bonds. The Kier molecular flexibility index (Phi) is 8.85. The van der Waals surface area contributed by atoms with Gasteiger partial charge in [0.2, 0.25) is 6.54 Å². The van der Waals surface area contributed by atoms with E-state index in [-0.39, 0.29) is 28.8 Å². The van der Waals surface area contributed by atoms with E-state index in [4.69, 9.17) is 21.1 Å². The first-order chi connectivity index (χ1) is 18.3. The van der Waals surface area contributed by atoms with Crippen LogP contribution in [0.25, 0.3) is 5.69 Å². The first-order valence-corrected chi connectivity index (χ1v) is 13.1. The molecule has 0 saturated heterocycles. The molecule has 0 fully saturated rings. The van der Waals surface area contributed by atoms with Crippen molar-refractivity contribution in [2.75, 3.05) is 13.2 Å². The highest BCUT2D eigenvalue weighted by Crippen LogP contribution is 2.43. The van der Waals surface area contributed by atoms with Crippen molar-refractivity contribution in [3.63, 3.8) is 0 Å². The molecule has 1 heterocycles. The lowest BCUT2D eigenvalue weighted by atomic mass is 10.1. The lowest BCUT2D eigenvalue weighted by molar-refractivity contribution is -0.479. The second kappa shape index (κ2) is 12.3. The Labute approximate surface area is 228 Å². The van der Waals surface area contributed by atoms with Crippen molar-refractivity contribution in [2.24, 2.45) is 0 Å². The first-order valence-electron chi connectivity index (χ1n) is 11.9. The number of thioether (sulfide) groups is 1. The Morgan fingerprint density at radius 1 is 1.11 bits per heavy atom. The highest BCUT2D eigenvalue weighted by molar-refractivity contribution is 7.99. The molecule has 38 heavy (non-hydrogen) atoms. The fourth-order valence-corrected chi connectivity index (χ4v) is 5.25. The van der Waals surface area contributed by atoms with Gasteiger partial charge in [-0.3, -0.25) is 14.7 Å². The van der Waals surface area contributed by atoms with Crippen LogP contribution in [0.3, 0.4) is 0 Å². The quantitative estimate of drug-likeness (QED) is 0.114. The van der Waals surface area contributed by atoms with Gasteiger partial charge in [0.15, 0.2) is 16.7 Å². The van der Waals surface area contributed by atoms with Gasteiger partial charge in [-0.25, -0.2) is 4.39 Å². The molecular weight excluding hydrogens is 531 g/mol. The number of hydrogen-bond donors (Lipinski definition) is 0. The molecule has 0 saturated carbocycles. The van der Waals surface area contributed by atoms with Gasteiger partial charge >= 0.3 is 0 Å². The summed E-state index contributed by atoms with van der Waals surface area (Å²) in [6.45, 7) is 5.49. The van der Waals surface area contributed by atoms with Gasteiger partial charge in [0.1, 0.15) is 23.5 Å². The van der Waals surface area contributed by atoms with Crippen LogP contribution in [0, 0.1) is 29.8 Å². The van der Waals surface area contributed by atoms with Crippen molar-refractivity contribution in [2.45, 2.75) is 37.8 Å². The normalized spacial score (nSPS) is 11.8. The average Bonchev–Trinajstić information content (AvgIpc) is 3.24. The summed E-state index contributed by atoms with van der Waals surface area (Å²) in [5.41, 5.74) is 2.89. The summed E-state index contributed by atoms with van der Waals surface area (Å²) in [5.74, 6) is 0.815. The lowest BCUT2D eigenvalue weighted by Crippen LogP contribution is -2.12. The number of aromatic nitrogens is 3. The van der Waals surface area contributed by atoms with Crippen LogP contribution in [0.15, 0.2) is 65.8 Å². The highest BCUT2D eigenvalue weighted by Gasteiger charge is 2.26. The minimum absolute atomic E-state index is 0.0577. The number of ether oxygens (including phenoxy) is 2. The van der Waals surface area contributed by atoms with Crippen LogP contribution in [0.1, 0.15) is 34.7 Å². The number of nitrogens with zero attached hydrogens (tertiary/aromatic N) is 4. The number of aryl methyl sites for hydroxylation is 2. The second-order valence-electron chi connectivity index (χ2n) is 8.47. The molecule has 4 aromatic rings. The maximum Gasteiger partial charge on any atom is 0.220 e. The minimum Gasteiger partial charge on any atom is -0.490 e. The fourth-order valence-electron chi connectivity index (χ4n) is 3.83. The molecule has 0 spiro atoms. The van der Waals surface area contributed by atoms with Gasteiger partial charge in [0.05, 0.1) is 11.6 Å². The predicted octanol–water partition coefficient (Wildman–Crippen LogP) is 6.76. The number of benzene rings is 3. The third kappa shape index (κ3) is 6.43. The van der Waals surface area contributed by atoms with Crippen LogP contribution >= 0.6 is 23.4 Å². The first kappa shape index (κ1) is 27.4. The molecule has 0 aliphatic carbocycles. The largest absolute Gasteiger partial charge is 0.490 e. The summed E-state index contributed by atoms with van der Waals surface area (Å²) in [6.07, 6.45) is 0. The Bertz CT molecular complexity index is 1430. The Morgan fingerprint density at radius 2 is 1.84 bits per heavy atom. The third-order valence-corrected chi connectivity index (χ3v) is 7.14. The number of nitro groups is 1. The van der Waals surface area contributed by atoms with E-state index in [2.05, 4.69) is 10.2 Å². The molecule has 4 rings (SSSR count). The maximum atomic E-state index is 14.1. The van der Waals surface area contributed by atoms with Crippen LogP contribution in [0.4, 0.5) is 4.39 Å². The summed E-state index contributed by atoms with van der Waals surface area (Å²) >= 11 is 7.81. The summed E-state index contributed by atoms with van der Waals surface area (Å²) in [4.78, 5) is 11.3. The van der Waals surface area contributed by atoms with Gasteiger partial charge in [-0.15, -0.1) is 10.2 Å². The summed E-state index contributed by atoms with van der Waals surface area (Å²) in [6, 6.07) is 17.4. The molecule has 1 aromatic heterocycles. The molecule has 0 bridgehead atoms. The van der Waals surface area contributed by atoms with E-state index in [0.29, 0.717) is 34.5 Å². The summed E-state index contributed by atoms with van der Waals surface area (Å²) in [7, 11) is 0. The summed E-state index contributed by atoms with van der Waals surface area (Å²) < 4.78 is 27.6. The topological polar surface area (TPSA) is 92.3 Å². The van der Waals surface area contributed by atoms with Crippen LogP contribution < -0.4 is 9.47 Å². The smallest absolute Gasteiger partial charge is 0.220 e. The van der Waals surface area contributed by atoms with Gasteiger partial charge in [-0.2, -0.15) is 0 Å². The van der Waals surface area contributed by atoms with Crippen molar-refractivity contribution in [3.8, 4) is 17.2 Å². The van der Waals surface area contributed by atoms with Crippen LogP contribution in [0.5, 0.6) is 11.5 Å². The lowest BCUT2D eigenvalue weighted by Gasteiger charge is -2.19. The number of rotatable bonds is 11. The molecule has 1 atom stereocenters. The van der Waals surface area contributed by atoms with Gasteiger partial charge in [-0.05, 0) is 56.7 Å². The zero-order valence-corrected chi connectivity index (χ0v) is 22.6. The van der Waals surface area contributed by atoms with Crippen molar-refractivity contribution < 1.29 is 18.8 Å². The highest BCUT2D eigenvalue weighted by atomic mass is 35.5. The van der Waals surface area contributed by atoms with E-state index in [1.165, 1.54) is 17.8 Å². The number of hydrogen-bond acceptors (Lipinski definition) is 7. The van der Waals surface area contributed by atoms with E-state index in [1.54, 1.807) is 37.3 Å². The van der Waals surface area contributed by atoms with Gasteiger partial charge in [0, 0.05) is 16.2 Å². The van der Waals surface area contributed by atoms with Crippen LogP contribution in [-0.4, -0.2) is 32.8 Å². The zero-order chi connectivity index (χ0) is 27.2. The molecule has 198 valence electrons. The molecule has 8 nitrogen and oxygen atoms in total. The van der Waals surface area contributed by atoms with E-state index >= 15 is 0 Å². The van der Waals surface area contributed by atoms with Crippen molar-refractivity contribution >= 4 is 23.4 Å². The zero-order valence-electron chi connectivity index (χ0n) is 21.1.